The monoisotopic (exact) mass is 511 g/mol. The van der Waals surface area contributed by atoms with Gasteiger partial charge < -0.3 is 24.8 Å². The lowest BCUT2D eigenvalue weighted by molar-refractivity contribution is -0.119. The molecule has 2 N–H and O–H groups in total. The zero-order chi connectivity index (χ0) is 25.3. The number of rotatable bonds is 7. The quantitative estimate of drug-likeness (QED) is 0.408. The van der Waals surface area contributed by atoms with E-state index in [9.17, 15) is 4.79 Å². The number of carbonyl (C=O) groups is 1. The third kappa shape index (κ3) is 4.91. The van der Waals surface area contributed by atoms with Crippen molar-refractivity contribution in [1.29, 1.82) is 0 Å². The van der Waals surface area contributed by atoms with Crippen molar-refractivity contribution in [2.75, 3.05) is 23.9 Å². The number of thiocarbonyl (C=S) groups is 1. The van der Waals surface area contributed by atoms with Gasteiger partial charge >= 0.3 is 0 Å². The number of aromatic nitrogens is 2. The minimum absolute atomic E-state index is 0.0441. The van der Waals surface area contributed by atoms with Gasteiger partial charge in [0.2, 0.25) is 5.91 Å². The van der Waals surface area contributed by atoms with Crippen molar-refractivity contribution in [3.8, 4) is 0 Å². The molecule has 0 radical (unpaired) electrons. The molecule has 1 amide bonds. The number of benzene rings is 1. The number of hydrogen-bond acceptors (Lipinski definition) is 4. The number of anilines is 2. The van der Waals surface area contributed by atoms with Crippen molar-refractivity contribution in [2.24, 2.45) is 0 Å². The lowest BCUT2D eigenvalue weighted by Crippen LogP contribution is -2.29. The van der Waals surface area contributed by atoms with Crippen molar-refractivity contribution in [1.82, 2.24) is 14.9 Å². The van der Waals surface area contributed by atoms with E-state index in [1.165, 1.54) is 24.1 Å². The second kappa shape index (κ2) is 10.4. The SMILES string of the molecule is COCC(=O)Nc1ccc(N2C(=S)N[C@H](c3ccccn3)[C@@H]2c2cc(C)n(C(C)C)c2C)cc1Cl. The lowest BCUT2D eigenvalue weighted by Gasteiger charge is -2.29. The van der Waals surface area contributed by atoms with Crippen LogP contribution in [-0.2, 0) is 9.53 Å². The number of amides is 1. The van der Waals surface area contributed by atoms with Gasteiger partial charge in [0.1, 0.15) is 6.61 Å². The van der Waals surface area contributed by atoms with Crippen LogP contribution in [0.4, 0.5) is 11.4 Å². The second-order valence-electron chi connectivity index (χ2n) is 8.93. The molecule has 0 bridgehead atoms. The molecule has 0 aliphatic carbocycles. The van der Waals surface area contributed by atoms with Crippen molar-refractivity contribution in [3.05, 3.63) is 76.3 Å². The van der Waals surface area contributed by atoms with Crippen LogP contribution in [0.5, 0.6) is 0 Å². The molecule has 2 atom stereocenters. The molecule has 1 fully saturated rings. The highest BCUT2D eigenvalue weighted by molar-refractivity contribution is 7.80. The first kappa shape index (κ1) is 25.2. The number of methoxy groups -OCH3 is 1. The molecular weight excluding hydrogens is 482 g/mol. The summed E-state index contributed by atoms with van der Waals surface area (Å²) in [5.41, 5.74) is 5.81. The summed E-state index contributed by atoms with van der Waals surface area (Å²) in [7, 11) is 1.47. The zero-order valence-electron chi connectivity index (χ0n) is 20.5. The van der Waals surface area contributed by atoms with Crippen LogP contribution in [0.15, 0.2) is 48.7 Å². The highest BCUT2D eigenvalue weighted by atomic mass is 35.5. The van der Waals surface area contributed by atoms with Gasteiger partial charge in [-0.25, -0.2) is 0 Å². The normalized spacial score (nSPS) is 17.7. The van der Waals surface area contributed by atoms with Gasteiger partial charge in [-0.05, 0) is 81.9 Å². The molecule has 7 nitrogen and oxygen atoms in total. The molecule has 3 aromatic rings. The Hall–Kier alpha value is -2.94. The first-order valence-electron chi connectivity index (χ1n) is 11.5. The van der Waals surface area contributed by atoms with Crippen molar-refractivity contribution < 1.29 is 9.53 Å². The van der Waals surface area contributed by atoms with Crippen molar-refractivity contribution >= 4 is 46.2 Å². The topological polar surface area (TPSA) is 71.4 Å². The molecule has 184 valence electrons. The number of halogens is 1. The van der Waals surface area contributed by atoms with Crippen LogP contribution in [0, 0.1) is 13.8 Å². The van der Waals surface area contributed by atoms with Gasteiger partial charge in [0.25, 0.3) is 0 Å². The number of ether oxygens (including phenoxy) is 1. The highest BCUT2D eigenvalue weighted by Gasteiger charge is 2.42. The molecular formula is C26H30ClN5O2S. The van der Waals surface area contributed by atoms with Crippen LogP contribution in [-0.4, -0.2) is 34.3 Å². The minimum Gasteiger partial charge on any atom is -0.375 e. The molecule has 1 aliphatic rings. The molecule has 0 saturated carbocycles. The first-order valence-corrected chi connectivity index (χ1v) is 12.3. The van der Waals surface area contributed by atoms with E-state index >= 15 is 0 Å². The van der Waals surface area contributed by atoms with E-state index < -0.39 is 0 Å². The summed E-state index contributed by atoms with van der Waals surface area (Å²) in [5.74, 6) is -0.269. The molecule has 2 aromatic heterocycles. The van der Waals surface area contributed by atoms with E-state index in [1.54, 1.807) is 12.3 Å². The standard InChI is InChI=1S/C26H30ClN5O2S/c1-15(2)31-16(3)12-19(17(31)4)25-24(22-8-6-7-11-28-22)30-26(35)32(25)18-9-10-21(20(27)13-18)29-23(33)14-34-5/h6-13,15,24-25H,14H2,1-5H3,(H,29,33)(H,30,35)/t24-,25+/m1/s1. The summed E-state index contributed by atoms with van der Waals surface area (Å²) in [6.07, 6.45) is 1.80. The second-order valence-corrected chi connectivity index (χ2v) is 9.73. The maximum atomic E-state index is 12.0. The Labute approximate surface area is 216 Å². The summed E-state index contributed by atoms with van der Waals surface area (Å²) < 4.78 is 7.23. The van der Waals surface area contributed by atoms with Crippen molar-refractivity contribution in [3.63, 3.8) is 0 Å². The third-order valence-electron chi connectivity index (χ3n) is 6.24. The molecule has 9 heteroatoms. The Morgan fingerprint density at radius 3 is 2.63 bits per heavy atom. The predicted octanol–water partition coefficient (Wildman–Crippen LogP) is 5.50. The summed E-state index contributed by atoms with van der Waals surface area (Å²) in [4.78, 5) is 18.7. The molecule has 1 aromatic carbocycles. The fraction of sp³-hybridized carbons (Fsp3) is 0.346. The molecule has 1 saturated heterocycles. The average Bonchev–Trinajstić information content (AvgIpc) is 3.31. The number of pyridine rings is 1. The Kier molecular flexibility index (Phi) is 7.44. The molecule has 35 heavy (non-hydrogen) atoms. The summed E-state index contributed by atoms with van der Waals surface area (Å²) in [5, 5.41) is 7.27. The van der Waals surface area contributed by atoms with E-state index in [-0.39, 0.29) is 24.6 Å². The van der Waals surface area contributed by atoms with Crippen LogP contribution in [0.1, 0.15) is 54.6 Å². The fourth-order valence-electron chi connectivity index (χ4n) is 4.92. The molecule has 0 unspecified atom stereocenters. The number of hydrogen-bond donors (Lipinski definition) is 2. The van der Waals surface area contributed by atoms with Gasteiger partial charge in [0.05, 0.1) is 28.5 Å². The Bertz CT molecular complexity index is 1240. The minimum atomic E-state index is -0.269. The smallest absolute Gasteiger partial charge is 0.250 e. The van der Waals surface area contributed by atoms with Gasteiger partial charge in [0.15, 0.2) is 5.11 Å². The van der Waals surface area contributed by atoms with Crippen LogP contribution in [0.25, 0.3) is 0 Å². The molecule has 3 heterocycles. The number of aryl methyl sites for hydroxylation is 1. The number of nitrogens with one attached hydrogen (secondary N) is 2. The van der Waals surface area contributed by atoms with E-state index in [2.05, 4.69) is 58.8 Å². The van der Waals surface area contributed by atoms with Gasteiger partial charge in [0, 0.05) is 36.4 Å². The predicted molar refractivity (Wildman–Crippen MR) is 144 cm³/mol. The maximum Gasteiger partial charge on any atom is 0.250 e. The van der Waals surface area contributed by atoms with Gasteiger partial charge in [-0.3, -0.25) is 9.78 Å². The summed E-state index contributed by atoms with van der Waals surface area (Å²) >= 11 is 12.4. The van der Waals surface area contributed by atoms with E-state index in [0.29, 0.717) is 21.9 Å². The van der Waals surface area contributed by atoms with Crippen LogP contribution >= 0.6 is 23.8 Å². The fourth-order valence-corrected chi connectivity index (χ4v) is 5.49. The van der Waals surface area contributed by atoms with E-state index in [1.807, 2.05) is 30.3 Å². The molecule has 4 rings (SSSR count). The van der Waals surface area contributed by atoms with Gasteiger partial charge in [-0.1, -0.05) is 17.7 Å². The Morgan fingerprint density at radius 1 is 1.26 bits per heavy atom. The van der Waals surface area contributed by atoms with E-state index in [0.717, 1.165) is 11.4 Å². The summed E-state index contributed by atoms with van der Waals surface area (Å²) in [6, 6.07) is 13.7. The lowest BCUT2D eigenvalue weighted by atomic mass is 9.96. The highest BCUT2D eigenvalue weighted by Crippen LogP contribution is 2.44. The average molecular weight is 512 g/mol. The Balaban J connectivity index is 1.80. The van der Waals surface area contributed by atoms with Gasteiger partial charge in [-0.15, -0.1) is 0 Å². The largest absolute Gasteiger partial charge is 0.375 e. The third-order valence-corrected chi connectivity index (χ3v) is 6.86. The maximum absolute atomic E-state index is 12.0. The summed E-state index contributed by atoms with van der Waals surface area (Å²) in [6.45, 7) is 8.61. The molecule has 0 spiro atoms. The van der Waals surface area contributed by atoms with Crippen LogP contribution in [0.3, 0.4) is 0 Å². The first-order chi connectivity index (χ1) is 16.7. The van der Waals surface area contributed by atoms with Crippen LogP contribution < -0.4 is 15.5 Å². The van der Waals surface area contributed by atoms with Gasteiger partial charge in [-0.2, -0.15) is 0 Å². The van der Waals surface area contributed by atoms with Crippen LogP contribution in [0.2, 0.25) is 5.02 Å². The number of carbonyl (C=O) groups excluding carboxylic acids is 1. The zero-order valence-corrected chi connectivity index (χ0v) is 22.1. The number of nitrogens with zero attached hydrogens (tertiary/aromatic N) is 3. The molecule has 1 aliphatic heterocycles. The van der Waals surface area contributed by atoms with Crippen molar-refractivity contribution in [2.45, 2.75) is 45.8 Å². The van der Waals surface area contributed by atoms with E-state index in [4.69, 9.17) is 28.6 Å². The Morgan fingerprint density at radius 2 is 2.03 bits per heavy atom.